The van der Waals surface area contributed by atoms with E-state index in [4.69, 9.17) is 0 Å². The number of nitrogens with zero attached hydrogens (tertiary/aromatic N) is 1. The van der Waals surface area contributed by atoms with Gasteiger partial charge in [0.25, 0.3) is 5.69 Å². The molecule has 0 bridgehead atoms. The van der Waals surface area contributed by atoms with Crippen LogP contribution in [0.3, 0.4) is 0 Å². The Morgan fingerprint density at radius 2 is 1.89 bits per heavy atom. The van der Waals surface area contributed by atoms with Crippen LogP contribution in [0.15, 0.2) is 29.2 Å². The van der Waals surface area contributed by atoms with Crippen LogP contribution in [0.25, 0.3) is 0 Å². The van der Waals surface area contributed by atoms with E-state index in [2.05, 4.69) is 8.37 Å². The van der Waals surface area contributed by atoms with Gasteiger partial charge in [0, 0.05) is 6.07 Å². The summed E-state index contributed by atoms with van der Waals surface area (Å²) in [5, 5.41) is 10.7. The molecular weight excluding hydrogens is 302 g/mol. The minimum Gasteiger partial charge on any atom is -0.750 e. The molecule has 0 fully saturated rings. The molecule has 0 radical (unpaired) electrons. The van der Waals surface area contributed by atoms with E-state index in [9.17, 15) is 27.3 Å². The van der Waals surface area contributed by atoms with Crippen molar-refractivity contribution in [2.24, 2.45) is 0 Å². The monoisotopic (exact) mass is 310 g/mol. The van der Waals surface area contributed by atoms with Crippen LogP contribution in [-0.2, 0) is 29.8 Å². The smallest absolute Gasteiger partial charge is 0.303 e. The lowest BCUT2D eigenvalue weighted by molar-refractivity contribution is -0.387. The fraction of sp³-hybridized carbons (Fsp3) is 0.250. The average Bonchev–Trinajstić information content (AvgIpc) is 2.34. The fourth-order valence-electron chi connectivity index (χ4n) is 1.13. The molecule has 106 valence electrons. The quantitative estimate of drug-likeness (QED) is 0.227. The first-order valence-electron chi connectivity index (χ1n) is 4.70. The standard InChI is InChI=1S/C8H9NO8S2/c10-9(11)7-3-1-2-4-8(7)19(14,15)17-6-5-16-18(12)13/h1-4H,5-6H2,(H,12,13)/p-1. The Morgan fingerprint density at radius 3 is 2.47 bits per heavy atom. The van der Waals surface area contributed by atoms with E-state index in [0.717, 1.165) is 12.1 Å². The van der Waals surface area contributed by atoms with E-state index in [-0.39, 0.29) is 0 Å². The van der Waals surface area contributed by atoms with Crippen molar-refractivity contribution in [2.75, 3.05) is 13.2 Å². The van der Waals surface area contributed by atoms with Crippen LogP contribution in [0, 0.1) is 10.1 Å². The molecule has 0 aromatic heterocycles. The van der Waals surface area contributed by atoms with Crippen molar-refractivity contribution in [3.63, 3.8) is 0 Å². The number of nitro groups is 1. The van der Waals surface area contributed by atoms with Gasteiger partial charge < -0.3 is 4.55 Å². The van der Waals surface area contributed by atoms with E-state index in [0.29, 0.717) is 0 Å². The number of benzene rings is 1. The molecule has 9 nitrogen and oxygen atoms in total. The normalized spacial score (nSPS) is 13.1. The van der Waals surface area contributed by atoms with E-state index >= 15 is 0 Å². The summed E-state index contributed by atoms with van der Waals surface area (Å²) in [6.07, 6.45) is 0. The van der Waals surface area contributed by atoms with Gasteiger partial charge in [-0.25, -0.2) is 4.21 Å². The molecule has 0 spiro atoms. The van der Waals surface area contributed by atoms with Crippen molar-refractivity contribution in [3.8, 4) is 0 Å². The second kappa shape index (κ2) is 6.68. The minimum absolute atomic E-state index is 0.518. The van der Waals surface area contributed by atoms with Gasteiger partial charge in [-0.1, -0.05) is 12.1 Å². The van der Waals surface area contributed by atoms with Gasteiger partial charge in [-0.15, -0.1) is 0 Å². The molecule has 0 amide bonds. The number of rotatable bonds is 7. The first kappa shape index (κ1) is 15.7. The molecule has 19 heavy (non-hydrogen) atoms. The summed E-state index contributed by atoms with van der Waals surface area (Å²) >= 11 is -2.78. The largest absolute Gasteiger partial charge is 0.750 e. The van der Waals surface area contributed by atoms with Crippen molar-refractivity contribution in [1.82, 2.24) is 0 Å². The highest BCUT2D eigenvalue weighted by Crippen LogP contribution is 2.24. The second-order valence-corrected chi connectivity index (χ2v) is 5.25. The molecule has 1 rings (SSSR count). The molecule has 11 heteroatoms. The van der Waals surface area contributed by atoms with Crippen LogP contribution in [0.4, 0.5) is 5.69 Å². The Labute approximate surface area is 110 Å². The summed E-state index contributed by atoms with van der Waals surface area (Å²) in [4.78, 5) is 9.20. The molecule has 0 saturated heterocycles. The highest BCUT2D eigenvalue weighted by Gasteiger charge is 2.25. The Balaban J connectivity index is 2.83. The Hall–Kier alpha value is -1.40. The van der Waals surface area contributed by atoms with Crippen molar-refractivity contribution in [3.05, 3.63) is 34.4 Å². The third kappa shape index (κ3) is 4.65. The Morgan fingerprint density at radius 1 is 1.26 bits per heavy atom. The third-order valence-electron chi connectivity index (χ3n) is 1.83. The third-order valence-corrected chi connectivity index (χ3v) is 3.55. The van der Waals surface area contributed by atoms with Gasteiger partial charge in [0.15, 0.2) is 4.90 Å². The lowest BCUT2D eigenvalue weighted by Crippen LogP contribution is -2.13. The van der Waals surface area contributed by atoms with E-state index in [1.165, 1.54) is 12.1 Å². The maximum Gasteiger partial charge on any atom is 0.303 e. The number of hydrogen-bond donors (Lipinski definition) is 0. The van der Waals surface area contributed by atoms with Gasteiger partial charge >= 0.3 is 10.1 Å². The van der Waals surface area contributed by atoms with Crippen molar-refractivity contribution < 1.29 is 30.5 Å². The van der Waals surface area contributed by atoms with Gasteiger partial charge in [0.05, 0.1) is 29.5 Å². The molecule has 1 atom stereocenters. The summed E-state index contributed by atoms with van der Waals surface area (Å²) in [7, 11) is -4.36. The van der Waals surface area contributed by atoms with Crippen LogP contribution < -0.4 is 0 Å². The van der Waals surface area contributed by atoms with Crippen LogP contribution in [0.1, 0.15) is 0 Å². The SMILES string of the molecule is O=[N+]([O-])c1ccccc1S(=O)(=O)OCCOS(=O)[O-]. The molecule has 1 unspecified atom stereocenters. The molecule has 0 aliphatic rings. The lowest BCUT2D eigenvalue weighted by Gasteiger charge is -2.07. The van der Waals surface area contributed by atoms with Gasteiger partial charge in [0.2, 0.25) is 0 Å². The van der Waals surface area contributed by atoms with Crippen molar-refractivity contribution in [2.45, 2.75) is 4.90 Å². The van der Waals surface area contributed by atoms with Crippen LogP contribution in [0.2, 0.25) is 0 Å². The van der Waals surface area contributed by atoms with Gasteiger partial charge in [-0.3, -0.25) is 18.5 Å². The molecule has 1 aromatic carbocycles. The topological polar surface area (TPSA) is 136 Å². The van der Waals surface area contributed by atoms with Crippen molar-refractivity contribution in [1.29, 1.82) is 0 Å². The first-order valence-corrected chi connectivity index (χ1v) is 7.11. The second-order valence-electron chi connectivity index (χ2n) is 3.03. The summed E-state index contributed by atoms with van der Waals surface area (Å²) < 4.78 is 51.8. The Bertz CT molecular complexity index is 584. The summed E-state index contributed by atoms with van der Waals surface area (Å²) in [5.41, 5.74) is -0.629. The number of para-hydroxylation sites is 1. The number of nitro benzene ring substituents is 1. The maximum atomic E-state index is 11.7. The van der Waals surface area contributed by atoms with Gasteiger partial charge in [0.1, 0.15) is 0 Å². The average molecular weight is 310 g/mol. The van der Waals surface area contributed by atoms with E-state index in [1.807, 2.05) is 0 Å². The number of hydrogen-bond acceptors (Lipinski definition) is 8. The maximum absolute atomic E-state index is 11.7. The predicted octanol–water partition coefficient (Wildman–Crippen LogP) is 0.111. The highest BCUT2D eigenvalue weighted by atomic mass is 32.2. The predicted molar refractivity (Wildman–Crippen MR) is 61.1 cm³/mol. The molecule has 0 aliphatic heterocycles. The molecule has 0 aliphatic carbocycles. The minimum atomic E-state index is -4.36. The zero-order valence-corrected chi connectivity index (χ0v) is 10.9. The van der Waals surface area contributed by atoms with Crippen LogP contribution in [0.5, 0.6) is 0 Å². The fourth-order valence-corrected chi connectivity index (χ4v) is 2.39. The van der Waals surface area contributed by atoms with Crippen molar-refractivity contribution >= 4 is 27.2 Å². The van der Waals surface area contributed by atoms with Crippen LogP contribution >= 0.6 is 0 Å². The van der Waals surface area contributed by atoms with Gasteiger partial charge in [-0.2, -0.15) is 8.42 Å². The summed E-state index contributed by atoms with van der Waals surface area (Å²) in [5.74, 6) is 0. The van der Waals surface area contributed by atoms with E-state index < -0.39 is 50.2 Å². The highest BCUT2D eigenvalue weighted by molar-refractivity contribution is 7.87. The lowest BCUT2D eigenvalue weighted by atomic mass is 10.3. The van der Waals surface area contributed by atoms with Gasteiger partial charge in [-0.05, 0) is 6.07 Å². The first-order chi connectivity index (χ1) is 8.84. The summed E-state index contributed by atoms with van der Waals surface area (Å²) in [6, 6.07) is 4.63. The zero-order valence-electron chi connectivity index (χ0n) is 9.25. The summed E-state index contributed by atoms with van der Waals surface area (Å²) in [6.45, 7) is -1.10. The van der Waals surface area contributed by atoms with E-state index in [1.54, 1.807) is 0 Å². The molecular formula is C8H8NO8S2-. The molecule has 0 saturated carbocycles. The zero-order chi connectivity index (χ0) is 14.5. The Kier molecular flexibility index (Phi) is 5.50. The molecule has 0 N–H and O–H groups in total. The molecule has 1 aromatic rings. The molecule has 0 heterocycles. The van der Waals surface area contributed by atoms with Crippen LogP contribution in [-0.4, -0.2) is 35.3 Å².